The molecule has 0 radical (unpaired) electrons. The van der Waals surface area contributed by atoms with E-state index in [0.29, 0.717) is 5.76 Å². The molecule has 0 amide bonds. The van der Waals surface area contributed by atoms with Gasteiger partial charge in [-0.15, -0.1) is 0 Å². The molecule has 1 aromatic heterocycles. The second-order valence-corrected chi connectivity index (χ2v) is 8.85. The maximum absolute atomic E-state index is 13.1. The fraction of sp³-hybridized carbons (Fsp3) is 0.450. The molecule has 0 N–H and O–H groups in total. The predicted molar refractivity (Wildman–Crippen MR) is 100 cm³/mol. The molecule has 0 aliphatic heterocycles. The molecular weight excluding hydrogens is 366 g/mol. The van der Waals surface area contributed by atoms with Crippen molar-refractivity contribution in [3.63, 3.8) is 0 Å². The lowest BCUT2D eigenvalue weighted by atomic mass is 9.98. The molecule has 0 atom stereocenters. The van der Waals surface area contributed by atoms with Crippen molar-refractivity contribution in [3.8, 4) is 0 Å². The van der Waals surface area contributed by atoms with E-state index in [1.807, 2.05) is 6.92 Å². The van der Waals surface area contributed by atoms with Crippen LogP contribution in [0.5, 0.6) is 0 Å². The van der Waals surface area contributed by atoms with Crippen LogP contribution in [-0.4, -0.2) is 31.3 Å². The number of hydrogen-bond acceptors (Lipinski definition) is 5. The molecule has 0 saturated heterocycles. The Balaban J connectivity index is 1.77. The number of carbonyl (C=O) groups excluding carboxylic acids is 1. The lowest BCUT2D eigenvalue weighted by molar-refractivity contribution is -0.150. The molecule has 7 heteroatoms. The summed E-state index contributed by atoms with van der Waals surface area (Å²) < 4.78 is 38.1. The molecule has 6 nitrogen and oxygen atoms in total. The van der Waals surface area contributed by atoms with Gasteiger partial charge in [0.1, 0.15) is 18.4 Å². The zero-order valence-corrected chi connectivity index (χ0v) is 16.3. The number of furan rings is 1. The predicted octanol–water partition coefficient (Wildman–Crippen LogP) is 3.65. The third-order valence-corrected chi connectivity index (χ3v) is 6.53. The molecule has 1 fully saturated rings. The highest BCUT2D eigenvalue weighted by Gasteiger charge is 2.29. The molecule has 1 heterocycles. The largest absolute Gasteiger partial charge is 0.468 e. The third-order valence-electron chi connectivity index (χ3n) is 4.73. The zero-order chi connectivity index (χ0) is 19.3. The van der Waals surface area contributed by atoms with Crippen LogP contribution < -0.4 is 0 Å². The van der Waals surface area contributed by atoms with Crippen molar-refractivity contribution >= 4 is 16.0 Å². The zero-order valence-electron chi connectivity index (χ0n) is 15.5. The first-order valence-corrected chi connectivity index (χ1v) is 10.7. The summed E-state index contributed by atoms with van der Waals surface area (Å²) in [7, 11) is -3.86. The SMILES string of the molecule is Cc1ccc(S(=O)(=O)N(CC(=O)OC2CCCCC2)Cc2ccco2)cc1. The van der Waals surface area contributed by atoms with Gasteiger partial charge in [-0.3, -0.25) is 4.79 Å². The Hall–Kier alpha value is -2.12. The summed E-state index contributed by atoms with van der Waals surface area (Å²) in [4.78, 5) is 12.6. The summed E-state index contributed by atoms with van der Waals surface area (Å²) in [6, 6.07) is 9.94. The quantitative estimate of drug-likeness (QED) is 0.673. The number of rotatable bonds is 7. The molecule has 0 unspecified atom stereocenters. The van der Waals surface area contributed by atoms with Gasteiger partial charge >= 0.3 is 5.97 Å². The average Bonchev–Trinajstić information content (AvgIpc) is 3.15. The number of sulfonamides is 1. The van der Waals surface area contributed by atoms with Gasteiger partial charge in [0.2, 0.25) is 10.0 Å². The maximum Gasteiger partial charge on any atom is 0.321 e. The van der Waals surface area contributed by atoms with Crippen molar-refractivity contribution in [2.24, 2.45) is 0 Å². The van der Waals surface area contributed by atoms with Gasteiger partial charge in [0.25, 0.3) is 0 Å². The second kappa shape index (κ2) is 8.71. The Morgan fingerprint density at radius 3 is 2.48 bits per heavy atom. The topological polar surface area (TPSA) is 76.8 Å². The van der Waals surface area contributed by atoms with E-state index in [0.717, 1.165) is 42.0 Å². The summed E-state index contributed by atoms with van der Waals surface area (Å²) >= 11 is 0. The summed E-state index contributed by atoms with van der Waals surface area (Å²) in [6.07, 6.45) is 6.28. The molecular formula is C20H25NO5S. The minimum atomic E-state index is -3.86. The smallest absolute Gasteiger partial charge is 0.321 e. The highest BCUT2D eigenvalue weighted by Crippen LogP contribution is 2.22. The van der Waals surface area contributed by atoms with E-state index < -0.39 is 16.0 Å². The Bertz CT molecular complexity index is 837. The van der Waals surface area contributed by atoms with Crippen LogP contribution in [0.15, 0.2) is 52.0 Å². The monoisotopic (exact) mass is 391 g/mol. The first-order valence-electron chi connectivity index (χ1n) is 9.24. The molecule has 0 spiro atoms. The molecule has 1 aliphatic rings. The average molecular weight is 391 g/mol. The molecule has 1 aromatic carbocycles. The van der Waals surface area contributed by atoms with E-state index in [4.69, 9.17) is 9.15 Å². The van der Waals surface area contributed by atoms with E-state index in [2.05, 4.69) is 0 Å². The minimum Gasteiger partial charge on any atom is -0.468 e. The van der Waals surface area contributed by atoms with E-state index in [-0.39, 0.29) is 24.1 Å². The molecule has 0 bridgehead atoms. The van der Waals surface area contributed by atoms with Crippen molar-refractivity contribution in [1.29, 1.82) is 0 Å². The van der Waals surface area contributed by atoms with Gasteiger partial charge < -0.3 is 9.15 Å². The van der Waals surface area contributed by atoms with E-state index in [1.54, 1.807) is 36.4 Å². The van der Waals surface area contributed by atoms with E-state index in [9.17, 15) is 13.2 Å². The van der Waals surface area contributed by atoms with Gasteiger partial charge in [-0.1, -0.05) is 24.1 Å². The van der Waals surface area contributed by atoms with Crippen molar-refractivity contribution in [3.05, 3.63) is 54.0 Å². The first-order chi connectivity index (χ1) is 12.9. The van der Waals surface area contributed by atoms with Crippen LogP contribution in [0.25, 0.3) is 0 Å². The third kappa shape index (κ3) is 5.20. The van der Waals surface area contributed by atoms with Crippen molar-refractivity contribution in [2.45, 2.75) is 56.6 Å². The minimum absolute atomic E-state index is 0.0248. The molecule has 146 valence electrons. The van der Waals surface area contributed by atoms with Gasteiger partial charge in [0.05, 0.1) is 17.7 Å². The number of nitrogens with zero attached hydrogens (tertiary/aromatic N) is 1. The maximum atomic E-state index is 13.1. The number of hydrogen-bond donors (Lipinski definition) is 0. The van der Waals surface area contributed by atoms with E-state index in [1.165, 1.54) is 6.26 Å². The van der Waals surface area contributed by atoms with Crippen LogP contribution in [0.2, 0.25) is 0 Å². The number of ether oxygens (including phenoxy) is 1. The summed E-state index contributed by atoms with van der Waals surface area (Å²) in [6.45, 7) is 1.52. The number of aryl methyl sites for hydroxylation is 1. The summed E-state index contributed by atoms with van der Waals surface area (Å²) in [5, 5.41) is 0. The Morgan fingerprint density at radius 1 is 1.15 bits per heavy atom. The summed E-state index contributed by atoms with van der Waals surface area (Å²) in [5.74, 6) is -0.0553. The fourth-order valence-electron chi connectivity index (χ4n) is 3.21. The van der Waals surface area contributed by atoms with Gasteiger partial charge in [-0.2, -0.15) is 4.31 Å². The number of carbonyl (C=O) groups is 1. The van der Waals surface area contributed by atoms with Crippen LogP contribution in [0, 0.1) is 6.92 Å². The van der Waals surface area contributed by atoms with Crippen LogP contribution in [0.3, 0.4) is 0 Å². The lowest BCUT2D eigenvalue weighted by Gasteiger charge is -2.24. The van der Waals surface area contributed by atoms with Crippen molar-refractivity contribution in [1.82, 2.24) is 4.31 Å². The molecule has 2 aromatic rings. The number of esters is 1. The van der Waals surface area contributed by atoms with Crippen LogP contribution >= 0.6 is 0 Å². The first kappa shape index (κ1) is 19.6. The molecule has 1 aliphatic carbocycles. The Kier molecular flexibility index (Phi) is 6.34. The van der Waals surface area contributed by atoms with Gasteiger partial charge in [0.15, 0.2) is 0 Å². The van der Waals surface area contributed by atoms with Gasteiger partial charge in [0, 0.05) is 0 Å². The van der Waals surface area contributed by atoms with E-state index >= 15 is 0 Å². The normalized spacial score (nSPS) is 15.8. The van der Waals surface area contributed by atoms with Crippen LogP contribution in [-0.2, 0) is 26.1 Å². The van der Waals surface area contributed by atoms with Crippen molar-refractivity contribution < 1.29 is 22.4 Å². The highest BCUT2D eigenvalue weighted by molar-refractivity contribution is 7.89. The van der Waals surface area contributed by atoms with Crippen LogP contribution in [0.1, 0.15) is 43.4 Å². The lowest BCUT2D eigenvalue weighted by Crippen LogP contribution is -2.37. The van der Waals surface area contributed by atoms with Gasteiger partial charge in [-0.25, -0.2) is 8.42 Å². The molecule has 1 saturated carbocycles. The highest BCUT2D eigenvalue weighted by atomic mass is 32.2. The second-order valence-electron chi connectivity index (χ2n) is 6.92. The van der Waals surface area contributed by atoms with Crippen molar-refractivity contribution in [2.75, 3.05) is 6.54 Å². The van der Waals surface area contributed by atoms with Crippen LogP contribution in [0.4, 0.5) is 0 Å². The molecule has 27 heavy (non-hydrogen) atoms. The number of benzene rings is 1. The standard InChI is InChI=1S/C20H25NO5S/c1-16-9-11-19(12-10-16)27(23,24)21(14-18-8-5-13-25-18)15-20(22)26-17-6-3-2-4-7-17/h5,8-13,17H,2-4,6-7,14-15H2,1H3. The Morgan fingerprint density at radius 2 is 1.85 bits per heavy atom. The summed E-state index contributed by atoms with van der Waals surface area (Å²) in [5.41, 5.74) is 0.961. The molecule has 3 rings (SSSR count). The fourth-order valence-corrected chi connectivity index (χ4v) is 4.56. The Labute approximate surface area is 160 Å². The van der Waals surface area contributed by atoms with Gasteiger partial charge in [-0.05, 0) is 56.9 Å².